The molecule has 1 saturated carbocycles. The molecule has 0 heterocycles. The van der Waals surface area contributed by atoms with Crippen molar-refractivity contribution in [2.45, 2.75) is 32.3 Å². The van der Waals surface area contributed by atoms with E-state index in [-0.39, 0.29) is 5.41 Å². The van der Waals surface area contributed by atoms with Gasteiger partial charge in [-0.05, 0) is 18.8 Å². The van der Waals surface area contributed by atoms with Crippen LogP contribution in [-0.4, -0.2) is 10.7 Å². The molecule has 1 fully saturated rings. The van der Waals surface area contributed by atoms with Crippen molar-refractivity contribution in [2.75, 3.05) is 0 Å². The van der Waals surface area contributed by atoms with Crippen LogP contribution < -0.4 is 0 Å². The van der Waals surface area contributed by atoms with Gasteiger partial charge in [-0.25, -0.2) is 0 Å². The minimum absolute atomic E-state index is 0.104. The Bertz CT molecular complexity index is 193. The molecule has 1 N–H and O–H groups in total. The van der Waals surface area contributed by atoms with Crippen LogP contribution in [0, 0.1) is 11.3 Å². The predicted molar refractivity (Wildman–Crippen MR) is 40.6 cm³/mol. The third kappa shape index (κ3) is 0.485. The summed E-state index contributed by atoms with van der Waals surface area (Å²) in [6, 6.07) is 0. The Hall–Kier alpha value is -0.300. The van der Waals surface area contributed by atoms with Crippen molar-refractivity contribution >= 4 is 0 Å². The van der Waals surface area contributed by atoms with E-state index in [0.717, 1.165) is 6.42 Å². The van der Waals surface area contributed by atoms with Crippen molar-refractivity contribution in [3.8, 4) is 0 Å². The predicted octanol–water partition coefficient (Wildman–Crippen LogP) is 1.72. The molecule has 56 valence electrons. The van der Waals surface area contributed by atoms with Gasteiger partial charge in [0.2, 0.25) is 0 Å². The highest BCUT2D eigenvalue weighted by Crippen LogP contribution is 2.55. The first kappa shape index (κ1) is 6.41. The summed E-state index contributed by atoms with van der Waals surface area (Å²) in [5.41, 5.74) is -0.370. The molecule has 0 aromatic carbocycles. The molecule has 0 radical (unpaired) electrons. The lowest BCUT2D eigenvalue weighted by molar-refractivity contribution is 0.00314. The molecular weight excluding hydrogens is 124 g/mol. The van der Waals surface area contributed by atoms with E-state index in [0.29, 0.717) is 5.92 Å². The lowest BCUT2D eigenvalue weighted by atomic mass is 9.78. The van der Waals surface area contributed by atoms with Crippen molar-refractivity contribution in [3.05, 3.63) is 12.2 Å². The molecule has 1 nitrogen and oxygen atoms in total. The van der Waals surface area contributed by atoms with Crippen LogP contribution >= 0.6 is 0 Å². The molecule has 0 amide bonds. The lowest BCUT2D eigenvalue weighted by Crippen LogP contribution is -2.36. The van der Waals surface area contributed by atoms with E-state index in [4.69, 9.17) is 0 Å². The molecule has 2 bridgehead atoms. The Labute approximate surface area is 61.8 Å². The Kier molecular flexibility index (Phi) is 0.946. The average molecular weight is 138 g/mol. The third-order valence-corrected chi connectivity index (χ3v) is 3.48. The summed E-state index contributed by atoms with van der Waals surface area (Å²) >= 11 is 0. The highest BCUT2D eigenvalue weighted by Gasteiger charge is 2.54. The molecule has 2 aliphatic carbocycles. The van der Waals surface area contributed by atoms with Gasteiger partial charge in [0.15, 0.2) is 0 Å². The van der Waals surface area contributed by atoms with Crippen molar-refractivity contribution in [1.82, 2.24) is 0 Å². The Morgan fingerprint density at radius 3 is 2.30 bits per heavy atom. The molecule has 0 saturated heterocycles. The summed E-state index contributed by atoms with van der Waals surface area (Å²) in [7, 11) is 0. The highest BCUT2D eigenvalue weighted by atomic mass is 16.3. The van der Waals surface area contributed by atoms with Crippen molar-refractivity contribution < 1.29 is 5.11 Å². The van der Waals surface area contributed by atoms with Crippen LogP contribution in [0.25, 0.3) is 0 Å². The normalized spacial score (nSPS) is 48.5. The van der Waals surface area contributed by atoms with Gasteiger partial charge in [0, 0.05) is 5.41 Å². The molecule has 0 aliphatic heterocycles. The largest absolute Gasteiger partial charge is 0.385 e. The average Bonchev–Trinajstić information content (AvgIpc) is 2.18. The fraction of sp³-hybridized carbons (Fsp3) is 0.778. The molecule has 2 aliphatic rings. The first-order chi connectivity index (χ1) is 4.56. The minimum atomic E-state index is -0.475. The van der Waals surface area contributed by atoms with Crippen LogP contribution in [0.1, 0.15) is 26.7 Å². The first-order valence-electron chi connectivity index (χ1n) is 3.98. The van der Waals surface area contributed by atoms with E-state index in [1.165, 1.54) is 6.42 Å². The Morgan fingerprint density at radius 1 is 1.50 bits per heavy atom. The van der Waals surface area contributed by atoms with Gasteiger partial charge in [0.25, 0.3) is 0 Å². The van der Waals surface area contributed by atoms with Gasteiger partial charge in [-0.15, -0.1) is 0 Å². The summed E-state index contributed by atoms with van der Waals surface area (Å²) in [4.78, 5) is 0. The molecule has 0 spiro atoms. The Balaban J connectivity index is 2.45. The van der Waals surface area contributed by atoms with E-state index < -0.39 is 5.60 Å². The number of hydrogen-bond donors (Lipinski definition) is 1. The molecule has 10 heavy (non-hydrogen) atoms. The van der Waals surface area contributed by atoms with Crippen LogP contribution in [0.5, 0.6) is 0 Å². The van der Waals surface area contributed by atoms with Crippen LogP contribution in [-0.2, 0) is 0 Å². The SMILES string of the molecule is CC1(C)C2C=CC1(O)CC2. The van der Waals surface area contributed by atoms with Gasteiger partial charge in [0.05, 0.1) is 5.60 Å². The fourth-order valence-electron chi connectivity index (χ4n) is 2.29. The maximum absolute atomic E-state index is 9.98. The maximum atomic E-state index is 9.98. The van der Waals surface area contributed by atoms with Crippen LogP contribution in [0.3, 0.4) is 0 Å². The molecule has 0 aromatic rings. The number of aliphatic hydroxyl groups is 1. The highest BCUT2D eigenvalue weighted by molar-refractivity contribution is 5.25. The van der Waals surface area contributed by atoms with Crippen LogP contribution in [0.2, 0.25) is 0 Å². The second-order valence-electron chi connectivity index (χ2n) is 4.15. The van der Waals surface area contributed by atoms with Gasteiger partial charge >= 0.3 is 0 Å². The van der Waals surface area contributed by atoms with Gasteiger partial charge < -0.3 is 5.11 Å². The fourth-order valence-corrected chi connectivity index (χ4v) is 2.29. The van der Waals surface area contributed by atoms with Crippen LogP contribution in [0.15, 0.2) is 12.2 Å². The number of allylic oxidation sites excluding steroid dienone is 1. The third-order valence-electron chi connectivity index (χ3n) is 3.48. The van der Waals surface area contributed by atoms with Crippen LogP contribution in [0.4, 0.5) is 0 Å². The quantitative estimate of drug-likeness (QED) is 0.505. The lowest BCUT2D eigenvalue weighted by Gasteiger charge is -2.32. The maximum Gasteiger partial charge on any atom is 0.0884 e. The Morgan fingerprint density at radius 2 is 2.20 bits per heavy atom. The van der Waals surface area contributed by atoms with Crippen molar-refractivity contribution in [3.63, 3.8) is 0 Å². The molecule has 1 heteroatoms. The van der Waals surface area contributed by atoms with Gasteiger partial charge in [-0.3, -0.25) is 0 Å². The van der Waals surface area contributed by atoms with Crippen molar-refractivity contribution in [1.29, 1.82) is 0 Å². The van der Waals surface area contributed by atoms with E-state index in [1.54, 1.807) is 0 Å². The van der Waals surface area contributed by atoms with E-state index in [9.17, 15) is 5.11 Å². The number of hydrogen-bond acceptors (Lipinski definition) is 1. The summed E-state index contributed by atoms with van der Waals surface area (Å²) in [6.07, 6.45) is 6.28. The zero-order valence-electron chi connectivity index (χ0n) is 6.59. The first-order valence-corrected chi connectivity index (χ1v) is 3.98. The summed E-state index contributed by atoms with van der Waals surface area (Å²) < 4.78 is 0. The number of fused-ring (bicyclic) bond motifs is 2. The number of rotatable bonds is 0. The topological polar surface area (TPSA) is 20.2 Å². The van der Waals surface area contributed by atoms with E-state index >= 15 is 0 Å². The molecular formula is C9H14O. The minimum Gasteiger partial charge on any atom is -0.385 e. The zero-order chi connectivity index (χ0) is 7.41. The van der Waals surface area contributed by atoms with E-state index in [1.807, 2.05) is 6.08 Å². The molecule has 2 rings (SSSR count). The van der Waals surface area contributed by atoms with E-state index in [2.05, 4.69) is 19.9 Å². The van der Waals surface area contributed by atoms with Gasteiger partial charge in [-0.2, -0.15) is 0 Å². The molecule has 0 aromatic heterocycles. The molecule has 2 unspecified atom stereocenters. The summed E-state index contributed by atoms with van der Waals surface area (Å²) in [5, 5.41) is 9.98. The summed E-state index contributed by atoms with van der Waals surface area (Å²) in [6.45, 7) is 4.31. The smallest absolute Gasteiger partial charge is 0.0884 e. The second-order valence-corrected chi connectivity index (χ2v) is 4.15. The summed E-state index contributed by atoms with van der Waals surface area (Å²) in [5.74, 6) is 0.623. The van der Waals surface area contributed by atoms with Gasteiger partial charge in [0.1, 0.15) is 0 Å². The van der Waals surface area contributed by atoms with Gasteiger partial charge in [-0.1, -0.05) is 26.0 Å². The molecule has 2 atom stereocenters. The standard InChI is InChI=1S/C9H14O/c1-8(2)7-3-5-9(8,10)6-4-7/h3,5,7,10H,4,6H2,1-2H3. The van der Waals surface area contributed by atoms with Crippen molar-refractivity contribution in [2.24, 2.45) is 11.3 Å². The monoisotopic (exact) mass is 138 g/mol. The zero-order valence-corrected chi connectivity index (χ0v) is 6.59. The second kappa shape index (κ2) is 1.48.